The first-order valence-corrected chi connectivity index (χ1v) is 15.9. The van der Waals surface area contributed by atoms with E-state index in [-0.39, 0.29) is 25.9 Å². The van der Waals surface area contributed by atoms with Gasteiger partial charge in [-0.2, -0.15) is 0 Å². The summed E-state index contributed by atoms with van der Waals surface area (Å²) in [5.74, 6) is -6.61. The molecule has 4 amide bonds. The van der Waals surface area contributed by atoms with Gasteiger partial charge in [0.15, 0.2) is 5.79 Å². The number of nitrogens with two attached hydrogens (primary N) is 1. The Morgan fingerprint density at radius 2 is 1.56 bits per heavy atom. The highest BCUT2D eigenvalue weighted by Crippen LogP contribution is 2.33. The molecule has 16 nitrogen and oxygen atoms in total. The maximum Gasteiger partial charge on any atom is 0.306 e. The molecule has 3 rings (SSSR count). The summed E-state index contributed by atoms with van der Waals surface area (Å²) in [7, 11) is 0. The number of amides is 4. The number of benzene rings is 2. The summed E-state index contributed by atoms with van der Waals surface area (Å²) >= 11 is 0. The van der Waals surface area contributed by atoms with Crippen LogP contribution in [0.25, 0.3) is 0 Å². The van der Waals surface area contributed by atoms with Crippen LogP contribution in [0.5, 0.6) is 0 Å². The zero-order chi connectivity index (χ0) is 36.8. The Labute approximate surface area is 289 Å². The van der Waals surface area contributed by atoms with Gasteiger partial charge in [0, 0.05) is 26.7 Å². The van der Waals surface area contributed by atoms with Gasteiger partial charge < -0.3 is 50.8 Å². The smallest absolute Gasteiger partial charge is 0.306 e. The van der Waals surface area contributed by atoms with Crippen molar-refractivity contribution >= 4 is 35.6 Å². The first-order chi connectivity index (χ1) is 23.7. The molecule has 0 aliphatic carbocycles. The number of primary amides is 1. The molecule has 16 heteroatoms. The highest BCUT2D eigenvalue weighted by atomic mass is 16.7. The van der Waals surface area contributed by atoms with E-state index in [1.807, 2.05) is 6.07 Å². The largest absolute Gasteiger partial charge is 0.463 e. The monoisotopic (exact) mass is 700 g/mol. The van der Waals surface area contributed by atoms with E-state index in [9.17, 15) is 39.0 Å². The van der Waals surface area contributed by atoms with E-state index in [4.69, 9.17) is 24.7 Å². The average molecular weight is 701 g/mol. The lowest BCUT2D eigenvalue weighted by atomic mass is 9.86. The van der Waals surface area contributed by atoms with Crippen LogP contribution < -0.4 is 21.7 Å². The minimum absolute atomic E-state index is 0.0358. The van der Waals surface area contributed by atoms with Gasteiger partial charge in [-0.05, 0) is 24.5 Å². The van der Waals surface area contributed by atoms with Crippen LogP contribution >= 0.6 is 0 Å². The van der Waals surface area contributed by atoms with Gasteiger partial charge in [0.1, 0.15) is 56.3 Å². The fourth-order valence-electron chi connectivity index (χ4n) is 5.23. The Hall–Kier alpha value is -4.90. The first-order valence-electron chi connectivity index (χ1n) is 15.9. The van der Waals surface area contributed by atoms with Gasteiger partial charge in [0.2, 0.25) is 23.6 Å². The summed E-state index contributed by atoms with van der Waals surface area (Å²) < 4.78 is 21.8. The summed E-state index contributed by atoms with van der Waals surface area (Å²) in [5.41, 5.74) is 6.80. The SMILES string of the molecule is CC(=O)N[C@@H]1[C@@H](OCC(=O)N[C@@H](C)C(=O)N[C@H](CCC(=O)OCc2ccccc2)C(N)=O)[C@H](O)[C@@H](COC(C)=O)O[C@@]1(O)Cc1ccccc1. The van der Waals surface area contributed by atoms with Crippen molar-refractivity contribution in [2.75, 3.05) is 13.2 Å². The predicted molar refractivity (Wildman–Crippen MR) is 174 cm³/mol. The summed E-state index contributed by atoms with van der Waals surface area (Å²) in [6.45, 7) is 2.45. The molecule has 1 aliphatic rings. The fraction of sp³-hybridized carbons (Fsp3) is 0.471. The zero-order valence-electron chi connectivity index (χ0n) is 28.0. The molecule has 0 saturated carbocycles. The van der Waals surface area contributed by atoms with Gasteiger partial charge in [0.05, 0.1) is 0 Å². The number of nitrogens with one attached hydrogen (secondary N) is 3. The van der Waals surface area contributed by atoms with Crippen molar-refractivity contribution in [2.45, 2.75) is 88.9 Å². The number of hydrogen-bond donors (Lipinski definition) is 6. The third kappa shape index (κ3) is 12.2. The molecule has 0 aromatic heterocycles. The maximum atomic E-state index is 12.9. The van der Waals surface area contributed by atoms with E-state index >= 15 is 0 Å². The number of carbonyl (C=O) groups excluding carboxylic acids is 6. The van der Waals surface area contributed by atoms with Crippen LogP contribution in [0.3, 0.4) is 0 Å². The summed E-state index contributed by atoms with van der Waals surface area (Å²) in [5, 5.41) is 30.2. The van der Waals surface area contributed by atoms with E-state index in [0.717, 1.165) is 12.5 Å². The van der Waals surface area contributed by atoms with E-state index in [1.165, 1.54) is 13.8 Å². The first kappa shape index (κ1) is 39.5. The van der Waals surface area contributed by atoms with Crippen molar-refractivity contribution in [2.24, 2.45) is 5.73 Å². The number of ether oxygens (including phenoxy) is 4. The van der Waals surface area contributed by atoms with Crippen LogP contribution in [-0.4, -0.2) is 101 Å². The van der Waals surface area contributed by atoms with Crippen molar-refractivity contribution in [1.82, 2.24) is 16.0 Å². The van der Waals surface area contributed by atoms with Gasteiger partial charge in [0.25, 0.3) is 0 Å². The van der Waals surface area contributed by atoms with Crippen LogP contribution in [0.1, 0.15) is 44.7 Å². The normalized spacial score (nSPS) is 22.7. The molecule has 50 heavy (non-hydrogen) atoms. The molecular formula is C34H44N4O12. The molecule has 7 atom stereocenters. The van der Waals surface area contributed by atoms with Crippen molar-refractivity contribution in [3.8, 4) is 0 Å². The number of hydrogen-bond acceptors (Lipinski definition) is 12. The fourth-order valence-corrected chi connectivity index (χ4v) is 5.23. The minimum atomic E-state index is -2.19. The third-order valence-corrected chi connectivity index (χ3v) is 7.71. The van der Waals surface area contributed by atoms with Crippen LogP contribution in [0.4, 0.5) is 0 Å². The van der Waals surface area contributed by atoms with E-state index in [2.05, 4.69) is 16.0 Å². The molecule has 0 bridgehead atoms. The van der Waals surface area contributed by atoms with Gasteiger partial charge in [-0.15, -0.1) is 0 Å². The van der Waals surface area contributed by atoms with Crippen LogP contribution in [0.2, 0.25) is 0 Å². The van der Waals surface area contributed by atoms with E-state index < -0.39 is 91.0 Å². The molecule has 2 aromatic carbocycles. The molecular weight excluding hydrogens is 656 g/mol. The second-order valence-electron chi connectivity index (χ2n) is 11.8. The Morgan fingerprint density at radius 1 is 0.940 bits per heavy atom. The van der Waals surface area contributed by atoms with E-state index in [1.54, 1.807) is 54.6 Å². The lowest BCUT2D eigenvalue weighted by molar-refractivity contribution is -0.322. The Kier molecular flexibility index (Phi) is 14.8. The molecule has 1 fully saturated rings. The molecule has 0 spiro atoms. The summed E-state index contributed by atoms with van der Waals surface area (Å²) in [6, 6.07) is 13.7. The van der Waals surface area contributed by atoms with Crippen molar-refractivity contribution in [3.05, 3.63) is 71.8 Å². The topological polar surface area (TPSA) is 242 Å². The van der Waals surface area contributed by atoms with Crippen LogP contribution in [-0.2, 0) is 60.7 Å². The van der Waals surface area contributed by atoms with Gasteiger partial charge in [-0.1, -0.05) is 60.7 Å². The van der Waals surface area contributed by atoms with E-state index in [0.29, 0.717) is 5.56 Å². The lowest BCUT2D eigenvalue weighted by Crippen LogP contribution is -2.71. The second-order valence-corrected chi connectivity index (χ2v) is 11.8. The molecule has 1 aliphatic heterocycles. The lowest BCUT2D eigenvalue weighted by Gasteiger charge is -2.49. The summed E-state index contributed by atoms with van der Waals surface area (Å²) in [4.78, 5) is 73.7. The highest BCUT2D eigenvalue weighted by Gasteiger charge is 2.55. The molecule has 1 heterocycles. The molecule has 0 unspecified atom stereocenters. The molecule has 7 N–H and O–H groups in total. The van der Waals surface area contributed by atoms with Crippen LogP contribution in [0, 0.1) is 0 Å². The van der Waals surface area contributed by atoms with Gasteiger partial charge in [-0.3, -0.25) is 28.8 Å². The second kappa shape index (κ2) is 18.7. The van der Waals surface area contributed by atoms with Gasteiger partial charge in [-0.25, -0.2) is 0 Å². The number of aliphatic hydroxyl groups is 2. The third-order valence-electron chi connectivity index (χ3n) is 7.71. The molecule has 0 radical (unpaired) electrons. The predicted octanol–water partition coefficient (Wildman–Crippen LogP) is -0.871. The quantitative estimate of drug-likeness (QED) is 0.110. The number of rotatable bonds is 17. The Bertz CT molecular complexity index is 1480. The van der Waals surface area contributed by atoms with Crippen molar-refractivity contribution < 1.29 is 57.9 Å². The number of aliphatic hydroxyl groups excluding tert-OH is 1. The minimum Gasteiger partial charge on any atom is -0.463 e. The zero-order valence-corrected chi connectivity index (χ0v) is 28.0. The molecule has 2 aromatic rings. The van der Waals surface area contributed by atoms with Gasteiger partial charge >= 0.3 is 11.9 Å². The highest BCUT2D eigenvalue weighted by molar-refractivity contribution is 5.91. The average Bonchev–Trinajstić information content (AvgIpc) is 3.06. The number of carbonyl (C=O) groups is 6. The van der Waals surface area contributed by atoms with Crippen molar-refractivity contribution in [3.63, 3.8) is 0 Å². The maximum absolute atomic E-state index is 12.9. The standard InChI is InChI=1S/C34H44N4O12/c1-20(33(45)38-25(32(35)44)14-15-28(42)48-17-24-12-8-5-9-13-24)36-27(41)19-49-30-29(43)26(18-47-22(3)40)50-34(46,31(30)37-21(2)39)16-23-10-6-4-7-11-23/h4-13,20,25-26,29-31,43,46H,14-19H2,1-3H3,(H2,35,44)(H,36,41)(H,37,39)(H,38,45)/t20-,25+,26+,29+,30-,31+,34-/m0/s1. The van der Waals surface area contributed by atoms with Crippen LogP contribution in [0.15, 0.2) is 60.7 Å². The number of esters is 2. The Balaban J connectivity index is 1.63. The summed E-state index contributed by atoms with van der Waals surface area (Å²) in [6.07, 6.45) is -4.93. The molecule has 272 valence electrons. The van der Waals surface area contributed by atoms with Crippen molar-refractivity contribution in [1.29, 1.82) is 0 Å². The molecule has 1 saturated heterocycles. The Morgan fingerprint density at radius 3 is 2.14 bits per heavy atom.